The van der Waals surface area contributed by atoms with Crippen molar-refractivity contribution in [3.63, 3.8) is 0 Å². The van der Waals surface area contributed by atoms with Crippen LogP contribution in [0.1, 0.15) is 38.8 Å². The normalized spacial score (nSPS) is 12.0. The Kier molecular flexibility index (Phi) is 8.26. The van der Waals surface area contributed by atoms with Crippen molar-refractivity contribution in [2.24, 2.45) is 0 Å². The molecule has 0 radical (unpaired) electrons. The second-order valence-corrected chi connectivity index (χ2v) is 5.36. The van der Waals surface area contributed by atoms with Crippen LogP contribution in [0.15, 0.2) is 24.3 Å². The highest BCUT2D eigenvalue weighted by Crippen LogP contribution is 2.12. The Hall–Kier alpha value is -1.95. The topological polar surface area (TPSA) is 58.6 Å². The maximum Gasteiger partial charge on any atom is 0.320 e. The van der Waals surface area contributed by atoms with Crippen molar-refractivity contribution >= 4 is 11.9 Å². The van der Waals surface area contributed by atoms with Gasteiger partial charge in [0, 0.05) is 0 Å². The van der Waals surface area contributed by atoms with E-state index in [1.165, 1.54) is 12.1 Å². The third kappa shape index (κ3) is 7.23. The lowest BCUT2D eigenvalue weighted by Gasteiger charge is -2.21. The van der Waals surface area contributed by atoms with Crippen LogP contribution < -0.4 is 5.32 Å². The van der Waals surface area contributed by atoms with E-state index < -0.39 is 0 Å². The molecule has 1 unspecified atom stereocenters. The van der Waals surface area contributed by atoms with Gasteiger partial charge < -0.3 is 10.1 Å². The predicted molar refractivity (Wildman–Crippen MR) is 86.3 cm³/mol. The molecule has 6 heteroatoms. The van der Waals surface area contributed by atoms with E-state index in [4.69, 9.17) is 4.74 Å². The van der Waals surface area contributed by atoms with Crippen LogP contribution in [-0.2, 0) is 14.3 Å². The molecule has 0 saturated heterocycles. The maximum absolute atomic E-state index is 12.9. The molecule has 1 amide bonds. The molecule has 1 atom stereocenters. The third-order valence-electron chi connectivity index (χ3n) is 3.31. The number of rotatable bonds is 9. The minimum atomic E-state index is -0.333. The first-order valence-corrected chi connectivity index (χ1v) is 7.89. The first-order valence-electron chi connectivity index (χ1n) is 7.89. The molecule has 5 nitrogen and oxygen atoms in total. The highest BCUT2D eigenvalue weighted by molar-refractivity contribution is 5.79. The number of amides is 1. The average Bonchev–Trinajstić information content (AvgIpc) is 2.48. The quantitative estimate of drug-likeness (QED) is 0.708. The number of ether oxygens (including phenoxy) is 1. The van der Waals surface area contributed by atoms with Gasteiger partial charge in [0.1, 0.15) is 5.82 Å². The molecular formula is C17H25FN2O3. The van der Waals surface area contributed by atoms with Gasteiger partial charge in [-0.25, -0.2) is 4.39 Å². The van der Waals surface area contributed by atoms with Crippen molar-refractivity contribution in [2.45, 2.75) is 33.2 Å². The van der Waals surface area contributed by atoms with Crippen molar-refractivity contribution in [1.82, 2.24) is 10.2 Å². The van der Waals surface area contributed by atoms with E-state index in [1.807, 2.05) is 13.8 Å². The van der Waals surface area contributed by atoms with Gasteiger partial charge in [-0.05, 0) is 44.5 Å². The highest BCUT2D eigenvalue weighted by Gasteiger charge is 2.16. The highest BCUT2D eigenvalue weighted by atomic mass is 19.1. The van der Waals surface area contributed by atoms with Crippen molar-refractivity contribution < 1.29 is 18.7 Å². The molecule has 1 aromatic rings. The number of carbonyl (C=O) groups is 2. The van der Waals surface area contributed by atoms with Gasteiger partial charge in [-0.3, -0.25) is 14.5 Å². The standard InChI is InChI=1S/C17H25FN2O3/c1-4-10-20(12-17(22)23-5-2)11-16(21)19-13(3)14-6-8-15(18)9-7-14/h6-9,13H,4-5,10-12H2,1-3H3,(H,19,21). The Morgan fingerprint density at radius 3 is 2.43 bits per heavy atom. The van der Waals surface area contributed by atoms with E-state index in [1.54, 1.807) is 24.0 Å². The van der Waals surface area contributed by atoms with Gasteiger partial charge in [0.25, 0.3) is 0 Å². The molecule has 0 aromatic heterocycles. The van der Waals surface area contributed by atoms with Gasteiger partial charge in [-0.15, -0.1) is 0 Å². The van der Waals surface area contributed by atoms with Crippen LogP contribution in [0.5, 0.6) is 0 Å². The summed E-state index contributed by atoms with van der Waals surface area (Å²) < 4.78 is 17.8. The van der Waals surface area contributed by atoms with Crippen molar-refractivity contribution in [1.29, 1.82) is 0 Å². The number of hydrogen-bond donors (Lipinski definition) is 1. The molecular weight excluding hydrogens is 299 g/mol. The van der Waals surface area contributed by atoms with Crippen LogP contribution >= 0.6 is 0 Å². The minimum absolute atomic E-state index is 0.0973. The molecule has 1 aromatic carbocycles. The number of nitrogens with one attached hydrogen (secondary N) is 1. The van der Waals surface area contributed by atoms with Gasteiger partial charge in [0.15, 0.2) is 0 Å². The first-order chi connectivity index (χ1) is 11.0. The molecule has 0 saturated carbocycles. The minimum Gasteiger partial charge on any atom is -0.465 e. The molecule has 0 spiro atoms. The Morgan fingerprint density at radius 1 is 1.22 bits per heavy atom. The zero-order valence-electron chi connectivity index (χ0n) is 14.0. The fraction of sp³-hybridized carbons (Fsp3) is 0.529. The van der Waals surface area contributed by atoms with Gasteiger partial charge >= 0.3 is 5.97 Å². The van der Waals surface area contributed by atoms with Crippen LogP contribution in [0.25, 0.3) is 0 Å². The Bertz CT molecular complexity index is 505. The van der Waals surface area contributed by atoms with E-state index in [9.17, 15) is 14.0 Å². The van der Waals surface area contributed by atoms with Gasteiger partial charge in [-0.2, -0.15) is 0 Å². The van der Waals surface area contributed by atoms with Crippen LogP contribution in [0.3, 0.4) is 0 Å². The lowest BCUT2D eigenvalue weighted by molar-refractivity contribution is -0.144. The number of hydrogen-bond acceptors (Lipinski definition) is 4. The summed E-state index contributed by atoms with van der Waals surface area (Å²) in [4.78, 5) is 25.4. The van der Waals surface area contributed by atoms with Crippen LogP contribution in [0.4, 0.5) is 4.39 Å². The van der Waals surface area contributed by atoms with Crippen LogP contribution in [0.2, 0.25) is 0 Å². The van der Waals surface area contributed by atoms with E-state index in [0.717, 1.165) is 12.0 Å². The van der Waals surface area contributed by atoms with Crippen molar-refractivity contribution in [3.8, 4) is 0 Å². The molecule has 0 aliphatic rings. The zero-order chi connectivity index (χ0) is 17.2. The molecule has 0 aliphatic carbocycles. The van der Waals surface area contributed by atoms with E-state index in [-0.39, 0.29) is 36.8 Å². The summed E-state index contributed by atoms with van der Waals surface area (Å²) >= 11 is 0. The SMILES string of the molecule is CCCN(CC(=O)NC(C)c1ccc(F)cc1)CC(=O)OCC. The van der Waals surface area contributed by atoms with Gasteiger partial charge in [0.05, 0.1) is 25.7 Å². The van der Waals surface area contributed by atoms with Crippen molar-refractivity contribution in [3.05, 3.63) is 35.6 Å². The van der Waals surface area contributed by atoms with E-state index in [2.05, 4.69) is 5.32 Å². The maximum atomic E-state index is 12.9. The van der Waals surface area contributed by atoms with E-state index in [0.29, 0.717) is 13.2 Å². The summed E-state index contributed by atoms with van der Waals surface area (Å²) in [6, 6.07) is 5.78. The largest absolute Gasteiger partial charge is 0.465 e. The summed E-state index contributed by atoms with van der Waals surface area (Å²) in [5, 5.41) is 2.85. The number of benzene rings is 1. The Balaban J connectivity index is 2.53. The molecule has 0 heterocycles. The monoisotopic (exact) mass is 324 g/mol. The third-order valence-corrected chi connectivity index (χ3v) is 3.31. The fourth-order valence-corrected chi connectivity index (χ4v) is 2.24. The molecule has 0 fully saturated rings. The Labute approximate surface area is 136 Å². The lowest BCUT2D eigenvalue weighted by Crippen LogP contribution is -2.41. The molecule has 1 N–H and O–H groups in total. The van der Waals surface area contributed by atoms with Gasteiger partial charge in [0.2, 0.25) is 5.91 Å². The fourth-order valence-electron chi connectivity index (χ4n) is 2.24. The number of halogens is 1. The van der Waals surface area contributed by atoms with E-state index >= 15 is 0 Å². The smallest absolute Gasteiger partial charge is 0.320 e. The summed E-state index contributed by atoms with van der Waals surface area (Å²) in [6.45, 7) is 6.75. The molecule has 1 rings (SSSR count). The van der Waals surface area contributed by atoms with Crippen molar-refractivity contribution in [2.75, 3.05) is 26.2 Å². The Morgan fingerprint density at radius 2 is 1.87 bits per heavy atom. The first kappa shape index (κ1) is 19.1. The lowest BCUT2D eigenvalue weighted by atomic mass is 10.1. The summed E-state index contributed by atoms with van der Waals surface area (Å²) in [5.74, 6) is -0.823. The number of carbonyl (C=O) groups excluding carboxylic acids is 2. The summed E-state index contributed by atoms with van der Waals surface area (Å²) in [6.07, 6.45) is 0.834. The second-order valence-electron chi connectivity index (χ2n) is 5.36. The summed E-state index contributed by atoms with van der Waals surface area (Å²) in [5.41, 5.74) is 0.826. The molecule has 128 valence electrons. The van der Waals surface area contributed by atoms with Crippen LogP contribution in [0, 0.1) is 5.82 Å². The van der Waals surface area contributed by atoms with Crippen LogP contribution in [-0.4, -0.2) is 43.0 Å². The second kappa shape index (κ2) is 9.94. The molecule has 0 bridgehead atoms. The number of nitrogens with zero attached hydrogens (tertiary/aromatic N) is 1. The number of esters is 1. The predicted octanol–water partition coefficient (Wildman–Crippen LogP) is 2.28. The molecule has 23 heavy (non-hydrogen) atoms. The van der Waals surface area contributed by atoms with Gasteiger partial charge in [-0.1, -0.05) is 19.1 Å². The summed E-state index contributed by atoms with van der Waals surface area (Å²) in [7, 11) is 0. The zero-order valence-corrected chi connectivity index (χ0v) is 14.0. The average molecular weight is 324 g/mol. The molecule has 0 aliphatic heterocycles.